The van der Waals surface area contributed by atoms with E-state index in [1.807, 2.05) is 6.92 Å². The van der Waals surface area contributed by atoms with Gasteiger partial charge in [0, 0.05) is 17.0 Å². The molecule has 0 aliphatic heterocycles. The van der Waals surface area contributed by atoms with Crippen LogP contribution in [0.25, 0.3) is 11.4 Å². The third kappa shape index (κ3) is 4.15. The van der Waals surface area contributed by atoms with Crippen molar-refractivity contribution >= 4 is 11.6 Å². The van der Waals surface area contributed by atoms with Crippen molar-refractivity contribution in [3.05, 3.63) is 65.3 Å². The van der Waals surface area contributed by atoms with Gasteiger partial charge in [-0.2, -0.15) is 4.98 Å². The molecule has 1 heterocycles. The number of hydrogen-bond acceptors (Lipinski definition) is 6. The molecule has 1 aliphatic carbocycles. The molecule has 154 valence electrons. The molecule has 0 amide bonds. The standard InChI is InChI=1S/C23H21FN2O4/c1-3-20(29-17-9-6-15(7-10-17)21(28)14-4-5-14)23-25-22(26-30-23)16-8-11-18(13(2)27)19(24)12-16/h6-12,14,20H,3-5H2,1-2H3. The maximum Gasteiger partial charge on any atom is 0.268 e. The van der Waals surface area contributed by atoms with Gasteiger partial charge in [-0.3, -0.25) is 9.59 Å². The smallest absolute Gasteiger partial charge is 0.268 e. The fourth-order valence-corrected chi connectivity index (χ4v) is 3.17. The molecular formula is C23H21FN2O4. The SMILES string of the molecule is CCC(Oc1ccc(C(=O)C2CC2)cc1)c1nc(-c2ccc(C(C)=O)c(F)c2)no1. The van der Waals surface area contributed by atoms with Gasteiger partial charge in [0.1, 0.15) is 11.6 Å². The number of carbonyl (C=O) groups is 2. The molecule has 6 nitrogen and oxygen atoms in total. The van der Waals surface area contributed by atoms with Crippen molar-refractivity contribution in [1.82, 2.24) is 10.1 Å². The summed E-state index contributed by atoms with van der Waals surface area (Å²) in [5.41, 5.74) is 1.11. The second-order valence-corrected chi connectivity index (χ2v) is 7.38. The zero-order valence-corrected chi connectivity index (χ0v) is 16.7. The predicted molar refractivity (Wildman–Crippen MR) is 107 cm³/mol. The van der Waals surface area contributed by atoms with Crippen LogP contribution >= 0.6 is 0 Å². The first kappa shape index (κ1) is 19.9. The van der Waals surface area contributed by atoms with Crippen molar-refractivity contribution in [3.8, 4) is 17.1 Å². The van der Waals surface area contributed by atoms with Crippen LogP contribution in [0.15, 0.2) is 47.0 Å². The van der Waals surface area contributed by atoms with Crippen LogP contribution in [0, 0.1) is 11.7 Å². The summed E-state index contributed by atoms with van der Waals surface area (Å²) in [4.78, 5) is 27.8. The maximum atomic E-state index is 14.1. The summed E-state index contributed by atoms with van der Waals surface area (Å²) in [6.07, 6.45) is 2.02. The topological polar surface area (TPSA) is 82.3 Å². The lowest BCUT2D eigenvalue weighted by Gasteiger charge is -2.13. The highest BCUT2D eigenvalue weighted by atomic mass is 19.1. The Labute approximate surface area is 173 Å². The van der Waals surface area contributed by atoms with E-state index in [0.29, 0.717) is 23.3 Å². The molecule has 0 bridgehead atoms. The summed E-state index contributed by atoms with van der Waals surface area (Å²) in [5.74, 6) is 0.441. The third-order valence-electron chi connectivity index (χ3n) is 5.06. The van der Waals surface area contributed by atoms with Crippen molar-refractivity contribution in [2.75, 3.05) is 0 Å². The quantitative estimate of drug-likeness (QED) is 0.477. The number of benzene rings is 2. The Balaban J connectivity index is 1.49. The number of aromatic nitrogens is 2. The van der Waals surface area contributed by atoms with Crippen LogP contribution in [0.4, 0.5) is 4.39 Å². The number of Topliss-reactive ketones (excluding diaryl/α,β-unsaturated/α-hetero) is 2. The van der Waals surface area contributed by atoms with Crippen LogP contribution in [-0.2, 0) is 0 Å². The zero-order valence-electron chi connectivity index (χ0n) is 16.7. The maximum absolute atomic E-state index is 14.1. The Morgan fingerprint density at radius 1 is 1.20 bits per heavy atom. The molecule has 4 rings (SSSR count). The van der Waals surface area contributed by atoms with Crippen molar-refractivity contribution < 1.29 is 23.2 Å². The van der Waals surface area contributed by atoms with Crippen molar-refractivity contribution in [1.29, 1.82) is 0 Å². The fraction of sp³-hybridized carbons (Fsp3) is 0.304. The van der Waals surface area contributed by atoms with Gasteiger partial charge in [0.25, 0.3) is 5.89 Å². The molecular weight excluding hydrogens is 387 g/mol. The van der Waals surface area contributed by atoms with E-state index in [0.717, 1.165) is 12.8 Å². The molecule has 0 saturated heterocycles. The van der Waals surface area contributed by atoms with Gasteiger partial charge >= 0.3 is 0 Å². The summed E-state index contributed by atoms with van der Waals surface area (Å²) in [5, 5.41) is 3.91. The summed E-state index contributed by atoms with van der Waals surface area (Å²) in [7, 11) is 0. The van der Waals surface area contributed by atoms with Crippen LogP contribution in [-0.4, -0.2) is 21.7 Å². The van der Waals surface area contributed by atoms with E-state index in [1.165, 1.54) is 19.1 Å². The summed E-state index contributed by atoms with van der Waals surface area (Å²) in [6, 6.07) is 11.2. The molecule has 30 heavy (non-hydrogen) atoms. The molecule has 0 N–H and O–H groups in total. The first-order valence-corrected chi connectivity index (χ1v) is 9.91. The normalized spacial score (nSPS) is 14.4. The van der Waals surface area contributed by atoms with E-state index < -0.39 is 11.9 Å². The molecule has 0 radical (unpaired) electrons. The van der Waals surface area contributed by atoms with E-state index in [1.54, 1.807) is 30.3 Å². The van der Waals surface area contributed by atoms with Crippen LogP contribution in [0.2, 0.25) is 0 Å². The minimum Gasteiger partial charge on any atom is -0.481 e. The minimum absolute atomic E-state index is 0.0147. The van der Waals surface area contributed by atoms with Crippen molar-refractivity contribution in [2.45, 2.75) is 39.2 Å². The van der Waals surface area contributed by atoms with Crippen molar-refractivity contribution in [2.24, 2.45) is 5.92 Å². The number of carbonyl (C=O) groups excluding carboxylic acids is 2. The predicted octanol–water partition coefficient (Wildman–Crippen LogP) is 5.20. The van der Waals surface area contributed by atoms with E-state index in [2.05, 4.69) is 10.1 Å². The van der Waals surface area contributed by atoms with Crippen LogP contribution in [0.1, 0.15) is 65.8 Å². The average Bonchev–Trinajstić information content (AvgIpc) is 3.48. The van der Waals surface area contributed by atoms with E-state index in [4.69, 9.17) is 9.26 Å². The highest BCUT2D eigenvalue weighted by molar-refractivity contribution is 5.99. The lowest BCUT2D eigenvalue weighted by Crippen LogP contribution is -2.07. The first-order chi connectivity index (χ1) is 14.5. The largest absolute Gasteiger partial charge is 0.481 e. The molecule has 2 aromatic carbocycles. The highest BCUT2D eigenvalue weighted by Crippen LogP contribution is 2.33. The van der Waals surface area contributed by atoms with Gasteiger partial charge in [0.15, 0.2) is 17.7 Å². The Morgan fingerprint density at radius 3 is 2.53 bits per heavy atom. The van der Waals surface area contributed by atoms with Crippen LogP contribution < -0.4 is 4.74 Å². The average molecular weight is 408 g/mol. The Bertz CT molecular complexity index is 1090. The highest BCUT2D eigenvalue weighted by Gasteiger charge is 2.30. The molecule has 1 saturated carbocycles. The molecule has 0 spiro atoms. The number of rotatable bonds is 8. The Kier molecular flexibility index (Phi) is 5.44. The molecule has 1 fully saturated rings. The van der Waals surface area contributed by atoms with E-state index >= 15 is 0 Å². The van der Waals surface area contributed by atoms with Crippen molar-refractivity contribution in [3.63, 3.8) is 0 Å². The van der Waals surface area contributed by atoms with Gasteiger partial charge in [-0.25, -0.2) is 4.39 Å². The fourth-order valence-electron chi connectivity index (χ4n) is 3.17. The molecule has 7 heteroatoms. The molecule has 3 aromatic rings. The number of halogens is 1. The molecule has 1 aliphatic rings. The van der Waals surface area contributed by atoms with Crippen LogP contribution in [0.5, 0.6) is 5.75 Å². The molecule has 1 aromatic heterocycles. The van der Waals surface area contributed by atoms with Gasteiger partial charge in [0.2, 0.25) is 5.82 Å². The second kappa shape index (κ2) is 8.18. The first-order valence-electron chi connectivity index (χ1n) is 9.91. The Hall–Kier alpha value is -3.35. The molecule has 1 atom stereocenters. The van der Waals surface area contributed by atoms with E-state index in [9.17, 15) is 14.0 Å². The summed E-state index contributed by atoms with van der Waals surface area (Å²) < 4.78 is 25.4. The number of nitrogens with zero attached hydrogens (tertiary/aromatic N) is 2. The lowest BCUT2D eigenvalue weighted by molar-refractivity contribution is 0.0966. The van der Waals surface area contributed by atoms with Gasteiger partial charge in [-0.05, 0) is 62.6 Å². The number of hydrogen-bond donors (Lipinski definition) is 0. The van der Waals surface area contributed by atoms with Gasteiger partial charge in [0.05, 0.1) is 5.56 Å². The number of ketones is 2. The van der Waals surface area contributed by atoms with Gasteiger partial charge in [-0.1, -0.05) is 18.1 Å². The monoisotopic (exact) mass is 408 g/mol. The lowest BCUT2D eigenvalue weighted by atomic mass is 10.1. The van der Waals surface area contributed by atoms with Gasteiger partial charge in [-0.15, -0.1) is 0 Å². The van der Waals surface area contributed by atoms with E-state index in [-0.39, 0.29) is 34.8 Å². The second-order valence-electron chi connectivity index (χ2n) is 7.38. The minimum atomic E-state index is -0.629. The zero-order chi connectivity index (χ0) is 21.3. The molecule has 1 unspecified atom stereocenters. The number of ether oxygens (including phenoxy) is 1. The Morgan fingerprint density at radius 2 is 1.93 bits per heavy atom. The summed E-state index contributed by atoms with van der Waals surface area (Å²) in [6.45, 7) is 3.23. The third-order valence-corrected chi connectivity index (χ3v) is 5.06. The van der Waals surface area contributed by atoms with Crippen LogP contribution in [0.3, 0.4) is 0 Å². The van der Waals surface area contributed by atoms with Gasteiger partial charge < -0.3 is 9.26 Å². The summed E-state index contributed by atoms with van der Waals surface area (Å²) >= 11 is 0.